The third-order valence-corrected chi connectivity index (χ3v) is 8.78. The number of unbranched alkanes of at least 4 members (excludes halogenated alkanes) is 6. The Bertz CT molecular complexity index is 1830. The van der Waals surface area contributed by atoms with Crippen LogP contribution in [0.25, 0.3) is 21.8 Å². The molecule has 0 fully saturated rings. The molecule has 0 aliphatic carbocycles. The summed E-state index contributed by atoms with van der Waals surface area (Å²) in [5, 5.41) is 8.33. The zero-order chi connectivity index (χ0) is 40.5. The summed E-state index contributed by atoms with van der Waals surface area (Å²) in [5.41, 5.74) is 1.27. The molecule has 2 heterocycles. The number of rotatable bonds is 24. The molecule has 16 nitrogen and oxygen atoms in total. The number of carbonyl (C=O) groups excluding carboxylic acids is 2. The molecule has 0 aliphatic rings. The van der Waals surface area contributed by atoms with Crippen LogP contribution in [0.2, 0.25) is 0 Å². The van der Waals surface area contributed by atoms with E-state index in [9.17, 15) is 9.59 Å². The number of benzene rings is 2. The Hall–Kier alpha value is -5.80. The predicted octanol–water partition coefficient (Wildman–Crippen LogP) is 6.53. The Morgan fingerprint density at radius 2 is 0.893 bits per heavy atom. The van der Waals surface area contributed by atoms with Gasteiger partial charge in [-0.2, -0.15) is 0 Å². The smallest absolute Gasteiger partial charge is 0.331 e. The van der Waals surface area contributed by atoms with E-state index in [-0.39, 0.29) is 13.2 Å². The SMILES string of the molecule is COc1cc2c(NCCCCCCOC(=O)/C=C\C(=O)OCCCCCCNc3nc(C)nc4c(OC)c(OC)c(OC)cc34)nc(C)nc2c(OC)c1OC. The van der Waals surface area contributed by atoms with Crippen molar-refractivity contribution in [3.8, 4) is 34.5 Å². The average Bonchev–Trinajstić information content (AvgIpc) is 3.20. The monoisotopic (exact) mass is 778 g/mol. The fourth-order valence-corrected chi connectivity index (χ4v) is 6.10. The van der Waals surface area contributed by atoms with Gasteiger partial charge in [-0.1, -0.05) is 12.8 Å². The highest BCUT2D eigenvalue weighted by Gasteiger charge is 2.21. The largest absolute Gasteiger partial charge is 0.493 e. The Morgan fingerprint density at radius 3 is 1.25 bits per heavy atom. The van der Waals surface area contributed by atoms with Crippen molar-refractivity contribution in [1.82, 2.24) is 19.9 Å². The first-order valence-corrected chi connectivity index (χ1v) is 18.6. The van der Waals surface area contributed by atoms with E-state index in [4.69, 9.17) is 37.9 Å². The molecular weight excluding hydrogens is 724 g/mol. The Morgan fingerprint density at radius 1 is 0.518 bits per heavy atom. The lowest BCUT2D eigenvalue weighted by Crippen LogP contribution is -2.08. The van der Waals surface area contributed by atoms with Crippen LogP contribution in [0.5, 0.6) is 34.5 Å². The van der Waals surface area contributed by atoms with Crippen molar-refractivity contribution >= 4 is 45.4 Å². The first-order valence-electron chi connectivity index (χ1n) is 18.6. The number of hydrogen-bond acceptors (Lipinski definition) is 16. The van der Waals surface area contributed by atoms with Crippen molar-refractivity contribution in [3.05, 3.63) is 35.9 Å². The van der Waals surface area contributed by atoms with Crippen molar-refractivity contribution in [2.24, 2.45) is 0 Å². The van der Waals surface area contributed by atoms with Crippen LogP contribution in [-0.2, 0) is 19.1 Å². The number of nitrogens with one attached hydrogen (secondary N) is 2. The zero-order valence-electron chi connectivity index (χ0n) is 33.7. The van der Waals surface area contributed by atoms with Crippen molar-refractivity contribution in [2.75, 3.05) is 79.6 Å². The lowest BCUT2D eigenvalue weighted by Gasteiger charge is -2.16. The molecule has 2 N–H and O–H groups in total. The molecule has 4 aromatic rings. The summed E-state index contributed by atoms with van der Waals surface area (Å²) in [4.78, 5) is 42.4. The van der Waals surface area contributed by atoms with Crippen LogP contribution in [0.3, 0.4) is 0 Å². The van der Waals surface area contributed by atoms with Gasteiger partial charge in [-0.15, -0.1) is 0 Å². The number of methoxy groups -OCH3 is 6. The predicted molar refractivity (Wildman–Crippen MR) is 213 cm³/mol. The van der Waals surface area contributed by atoms with Gasteiger partial charge in [-0.25, -0.2) is 29.5 Å². The fourth-order valence-electron chi connectivity index (χ4n) is 6.10. The molecule has 0 radical (unpaired) electrons. The summed E-state index contributed by atoms with van der Waals surface area (Å²) in [5.74, 6) is 4.39. The van der Waals surface area contributed by atoms with E-state index in [1.165, 1.54) is 0 Å². The second kappa shape index (κ2) is 21.9. The number of esters is 2. The van der Waals surface area contributed by atoms with Gasteiger partial charge in [-0.3, -0.25) is 0 Å². The van der Waals surface area contributed by atoms with Crippen LogP contribution in [0, 0.1) is 13.8 Å². The van der Waals surface area contributed by atoms with Crippen molar-refractivity contribution in [3.63, 3.8) is 0 Å². The van der Waals surface area contributed by atoms with Gasteiger partial charge >= 0.3 is 11.9 Å². The average molecular weight is 779 g/mol. The minimum Gasteiger partial charge on any atom is -0.493 e. The van der Waals surface area contributed by atoms with Crippen LogP contribution in [-0.4, -0.2) is 101 Å². The second-order valence-electron chi connectivity index (χ2n) is 12.7. The van der Waals surface area contributed by atoms with Gasteiger partial charge in [0.25, 0.3) is 0 Å². The number of hydrogen-bond donors (Lipinski definition) is 2. The molecule has 0 saturated carbocycles. The second-order valence-corrected chi connectivity index (χ2v) is 12.7. The normalized spacial score (nSPS) is 11.1. The van der Waals surface area contributed by atoms with Crippen molar-refractivity contribution in [2.45, 2.75) is 65.2 Å². The standard InChI is InChI=1S/C40H54N6O10/c1-25-43-33-27(23-29(49-3)35(51-5)37(33)53-7)39(45-25)41-19-13-9-11-15-21-55-31(47)17-18-32(48)56-22-16-12-10-14-20-42-40-28-24-30(50-4)36(52-6)38(54-8)34(28)44-26(2)46-40/h17-18,23-24H,9-16,19-22H2,1-8H3,(H,41,43,45)(H,42,44,46)/b18-17-. The van der Waals surface area contributed by atoms with E-state index in [1.54, 1.807) is 42.7 Å². The van der Waals surface area contributed by atoms with E-state index in [2.05, 4.69) is 30.6 Å². The molecule has 0 spiro atoms. The van der Waals surface area contributed by atoms with Crippen LogP contribution in [0.1, 0.15) is 63.0 Å². The molecule has 56 heavy (non-hydrogen) atoms. The number of ether oxygens (including phenoxy) is 8. The first-order chi connectivity index (χ1) is 27.2. The Balaban J connectivity index is 1.06. The molecular formula is C40H54N6O10. The molecule has 304 valence electrons. The van der Waals surface area contributed by atoms with Crippen LogP contribution in [0.4, 0.5) is 11.6 Å². The fraction of sp³-hybridized carbons (Fsp3) is 0.500. The van der Waals surface area contributed by atoms with Crippen molar-refractivity contribution in [1.29, 1.82) is 0 Å². The van der Waals surface area contributed by atoms with Crippen LogP contribution >= 0.6 is 0 Å². The number of carbonyl (C=O) groups is 2. The Labute approximate surface area is 327 Å². The molecule has 0 saturated heterocycles. The topological polar surface area (TPSA) is 184 Å². The summed E-state index contributed by atoms with van der Waals surface area (Å²) in [7, 11) is 9.38. The maximum absolute atomic E-state index is 12.1. The highest BCUT2D eigenvalue weighted by Crippen LogP contribution is 2.45. The number of fused-ring (bicyclic) bond motifs is 2. The molecule has 2 aromatic carbocycles. The molecule has 2 aromatic heterocycles. The molecule has 0 unspecified atom stereocenters. The lowest BCUT2D eigenvalue weighted by atomic mass is 10.1. The van der Waals surface area contributed by atoms with Gasteiger partial charge in [0.15, 0.2) is 23.0 Å². The highest BCUT2D eigenvalue weighted by molar-refractivity contribution is 5.98. The van der Waals surface area contributed by atoms with Gasteiger partial charge in [0, 0.05) is 25.2 Å². The number of nitrogens with zero attached hydrogens (tertiary/aromatic N) is 4. The summed E-state index contributed by atoms with van der Waals surface area (Å²) in [6, 6.07) is 3.67. The third-order valence-electron chi connectivity index (χ3n) is 8.78. The zero-order valence-corrected chi connectivity index (χ0v) is 33.7. The summed E-state index contributed by atoms with van der Waals surface area (Å²) in [6.45, 7) is 5.56. The van der Waals surface area contributed by atoms with E-state index in [0.29, 0.717) is 94.7 Å². The number of aryl methyl sites for hydroxylation is 2. The minimum atomic E-state index is -0.577. The first kappa shape index (κ1) is 42.9. The van der Waals surface area contributed by atoms with E-state index < -0.39 is 11.9 Å². The van der Waals surface area contributed by atoms with E-state index >= 15 is 0 Å². The van der Waals surface area contributed by atoms with Crippen LogP contribution < -0.4 is 39.1 Å². The molecule has 16 heteroatoms. The molecule has 0 amide bonds. The van der Waals surface area contributed by atoms with E-state index in [0.717, 1.165) is 61.4 Å². The van der Waals surface area contributed by atoms with E-state index in [1.807, 2.05) is 26.0 Å². The maximum Gasteiger partial charge on any atom is 0.331 e. The minimum absolute atomic E-state index is 0.266. The van der Waals surface area contributed by atoms with Gasteiger partial charge < -0.3 is 48.5 Å². The molecule has 4 rings (SSSR count). The summed E-state index contributed by atoms with van der Waals surface area (Å²) in [6.07, 6.45) is 8.97. The third kappa shape index (κ3) is 11.4. The molecule has 0 bridgehead atoms. The lowest BCUT2D eigenvalue weighted by molar-refractivity contribution is -0.140. The van der Waals surface area contributed by atoms with Gasteiger partial charge in [0.2, 0.25) is 11.5 Å². The van der Waals surface area contributed by atoms with Crippen LogP contribution in [0.15, 0.2) is 24.3 Å². The number of aromatic nitrogens is 4. The molecule has 0 atom stereocenters. The van der Waals surface area contributed by atoms with Gasteiger partial charge in [0.05, 0.1) is 66.6 Å². The Kier molecular flexibility index (Phi) is 16.8. The van der Waals surface area contributed by atoms with Gasteiger partial charge in [0.1, 0.15) is 34.3 Å². The maximum atomic E-state index is 12.1. The van der Waals surface area contributed by atoms with Gasteiger partial charge in [-0.05, 0) is 64.5 Å². The summed E-state index contributed by atoms with van der Waals surface area (Å²) < 4.78 is 43.7. The molecule has 0 aliphatic heterocycles. The highest BCUT2D eigenvalue weighted by atomic mass is 16.5. The number of anilines is 2. The van der Waals surface area contributed by atoms with Crippen molar-refractivity contribution < 1.29 is 47.5 Å². The summed E-state index contributed by atoms with van der Waals surface area (Å²) >= 11 is 0. The quantitative estimate of drug-likeness (QED) is 0.0444.